The summed E-state index contributed by atoms with van der Waals surface area (Å²) >= 11 is 0. The summed E-state index contributed by atoms with van der Waals surface area (Å²) in [6.07, 6.45) is 3.35. The second-order valence-corrected chi connectivity index (χ2v) is 6.55. The highest BCUT2D eigenvalue weighted by molar-refractivity contribution is 5.37. The summed E-state index contributed by atoms with van der Waals surface area (Å²) in [5.41, 5.74) is 1.19. The van der Waals surface area contributed by atoms with Crippen molar-refractivity contribution in [2.45, 2.75) is 31.9 Å². The second kappa shape index (κ2) is 8.78. The van der Waals surface area contributed by atoms with Crippen molar-refractivity contribution in [3.63, 3.8) is 0 Å². The highest BCUT2D eigenvalue weighted by Crippen LogP contribution is 2.16. The summed E-state index contributed by atoms with van der Waals surface area (Å²) in [6.45, 7) is 4.72. The molecule has 25 heavy (non-hydrogen) atoms. The first-order chi connectivity index (χ1) is 12.2. The van der Waals surface area contributed by atoms with Gasteiger partial charge in [-0.3, -0.25) is 0 Å². The number of nitrogens with one attached hydrogen (secondary N) is 1. The number of hydrogen-bond acceptors (Lipinski definition) is 6. The number of aliphatic hydroxyl groups excluding tert-OH is 1. The third-order valence-electron chi connectivity index (χ3n) is 4.41. The van der Waals surface area contributed by atoms with Gasteiger partial charge in [0, 0.05) is 31.9 Å². The smallest absolute Gasteiger partial charge is 0.151 e. The van der Waals surface area contributed by atoms with Crippen LogP contribution in [0.3, 0.4) is 0 Å². The predicted octanol–water partition coefficient (Wildman–Crippen LogP) is 1.78. The average Bonchev–Trinajstić information content (AvgIpc) is 2.67. The molecule has 0 aliphatic carbocycles. The second-order valence-electron chi connectivity index (χ2n) is 6.55. The Balaban J connectivity index is 1.40. The molecule has 1 aliphatic heterocycles. The molecule has 2 aromatic rings. The molecule has 1 aliphatic rings. The third-order valence-corrected chi connectivity index (χ3v) is 4.41. The number of nitrogens with zero attached hydrogens (tertiary/aromatic N) is 3. The monoisotopic (exact) mass is 342 g/mol. The van der Waals surface area contributed by atoms with Gasteiger partial charge in [-0.2, -0.15) is 5.10 Å². The zero-order valence-electron chi connectivity index (χ0n) is 14.6. The lowest BCUT2D eigenvalue weighted by atomic mass is 10.1. The number of aromatic nitrogens is 2. The van der Waals surface area contributed by atoms with Crippen molar-refractivity contribution in [3.8, 4) is 5.75 Å². The number of piperidine rings is 1. The van der Waals surface area contributed by atoms with Gasteiger partial charge in [0.2, 0.25) is 0 Å². The molecule has 0 saturated carbocycles. The largest absolute Gasteiger partial charge is 0.491 e. The maximum absolute atomic E-state index is 10.2. The van der Waals surface area contributed by atoms with E-state index >= 15 is 0 Å². The summed E-state index contributed by atoms with van der Waals surface area (Å²) in [7, 11) is 0. The van der Waals surface area contributed by atoms with Gasteiger partial charge >= 0.3 is 0 Å². The van der Waals surface area contributed by atoms with Crippen molar-refractivity contribution < 1.29 is 9.84 Å². The van der Waals surface area contributed by atoms with E-state index in [4.69, 9.17) is 4.74 Å². The van der Waals surface area contributed by atoms with Gasteiger partial charge in [-0.1, -0.05) is 17.7 Å². The van der Waals surface area contributed by atoms with Gasteiger partial charge in [0.1, 0.15) is 18.5 Å². The Morgan fingerprint density at radius 1 is 1.32 bits per heavy atom. The highest BCUT2D eigenvalue weighted by Gasteiger charge is 2.21. The molecular formula is C19H26N4O2. The van der Waals surface area contributed by atoms with Gasteiger partial charge in [-0.25, -0.2) is 0 Å². The van der Waals surface area contributed by atoms with Crippen molar-refractivity contribution in [1.82, 2.24) is 15.5 Å². The van der Waals surface area contributed by atoms with Crippen LogP contribution in [0.5, 0.6) is 5.75 Å². The minimum atomic E-state index is -0.534. The average molecular weight is 342 g/mol. The van der Waals surface area contributed by atoms with Crippen LogP contribution in [0.15, 0.2) is 42.6 Å². The van der Waals surface area contributed by atoms with E-state index in [0.717, 1.165) is 37.5 Å². The molecule has 1 aromatic carbocycles. The summed E-state index contributed by atoms with van der Waals surface area (Å²) in [6, 6.07) is 12.1. The van der Waals surface area contributed by atoms with E-state index in [-0.39, 0.29) is 6.61 Å². The Kier molecular flexibility index (Phi) is 6.19. The van der Waals surface area contributed by atoms with Crippen molar-refractivity contribution in [2.75, 3.05) is 31.1 Å². The number of aryl methyl sites for hydroxylation is 1. The van der Waals surface area contributed by atoms with Crippen LogP contribution in [0.1, 0.15) is 18.4 Å². The van der Waals surface area contributed by atoms with Gasteiger partial charge in [0.05, 0.1) is 0 Å². The Bertz CT molecular complexity index is 636. The molecular weight excluding hydrogens is 316 g/mol. The van der Waals surface area contributed by atoms with Crippen LogP contribution in [0.25, 0.3) is 0 Å². The van der Waals surface area contributed by atoms with Gasteiger partial charge in [0.25, 0.3) is 0 Å². The minimum Gasteiger partial charge on any atom is -0.491 e. The van der Waals surface area contributed by atoms with E-state index in [9.17, 15) is 5.11 Å². The Labute approximate surface area is 148 Å². The van der Waals surface area contributed by atoms with Crippen LogP contribution in [0, 0.1) is 6.92 Å². The van der Waals surface area contributed by atoms with Crippen molar-refractivity contribution >= 4 is 5.82 Å². The number of benzene rings is 1. The molecule has 2 atom stereocenters. The molecule has 134 valence electrons. The van der Waals surface area contributed by atoms with Gasteiger partial charge in [-0.15, -0.1) is 5.10 Å². The van der Waals surface area contributed by atoms with Crippen LogP contribution in [-0.4, -0.2) is 53.7 Å². The lowest BCUT2D eigenvalue weighted by Crippen LogP contribution is -2.48. The number of aliphatic hydroxyl groups is 1. The molecule has 0 amide bonds. The fraction of sp³-hybridized carbons (Fsp3) is 0.474. The van der Waals surface area contributed by atoms with E-state index in [1.807, 2.05) is 43.3 Å². The molecule has 1 saturated heterocycles. The van der Waals surface area contributed by atoms with E-state index in [2.05, 4.69) is 20.4 Å². The maximum Gasteiger partial charge on any atom is 0.151 e. The summed E-state index contributed by atoms with van der Waals surface area (Å²) in [4.78, 5) is 2.24. The van der Waals surface area contributed by atoms with Crippen LogP contribution in [0.4, 0.5) is 5.82 Å². The summed E-state index contributed by atoms with van der Waals surface area (Å²) in [5, 5.41) is 21.7. The fourth-order valence-electron chi connectivity index (χ4n) is 3.00. The first-order valence-corrected chi connectivity index (χ1v) is 8.84. The zero-order chi connectivity index (χ0) is 17.5. The Morgan fingerprint density at radius 3 is 2.92 bits per heavy atom. The van der Waals surface area contributed by atoms with Crippen molar-refractivity contribution in [3.05, 3.63) is 48.2 Å². The highest BCUT2D eigenvalue weighted by atomic mass is 16.5. The van der Waals surface area contributed by atoms with Crippen molar-refractivity contribution in [1.29, 1.82) is 0 Å². The summed E-state index contributed by atoms with van der Waals surface area (Å²) < 4.78 is 5.63. The van der Waals surface area contributed by atoms with Crippen LogP contribution >= 0.6 is 0 Å². The topological polar surface area (TPSA) is 70.5 Å². The molecule has 0 bridgehead atoms. The molecule has 6 nitrogen and oxygen atoms in total. The fourth-order valence-corrected chi connectivity index (χ4v) is 3.00. The quantitative estimate of drug-likeness (QED) is 0.799. The molecule has 3 rings (SSSR count). The normalized spacial score (nSPS) is 18.8. The molecule has 0 spiro atoms. The van der Waals surface area contributed by atoms with E-state index in [0.29, 0.717) is 12.6 Å². The Morgan fingerprint density at radius 2 is 2.16 bits per heavy atom. The Hall–Kier alpha value is -2.18. The molecule has 6 heteroatoms. The number of anilines is 1. The molecule has 2 heterocycles. The minimum absolute atomic E-state index is 0.288. The number of ether oxygens (including phenoxy) is 1. The molecule has 1 aromatic heterocycles. The van der Waals surface area contributed by atoms with Crippen LogP contribution < -0.4 is 15.0 Å². The van der Waals surface area contributed by atoms with Gasteiger partial charge < -0.3 is 20.1 Å². The zero-order valence-corrected chi connectivity index (χ0v) is 14.6. The molecule has 0 unspecified atom stereocenters. The van der Waals surface area contributed by atoms with Crippen molar-refractivity contribution in [2.24, 2.45) is 0 Å². The lowest BCUT2D eigenvalue weighted by Gasteiger charge is -2.34. The first kappa shape index (κ1) is 17.6. The van der Waals surface area contributed by atoms with E-state index < -0.39 is 6.10 Å². The summed E-state index contributed by atoms with van der Waals surface area (Å²) in [5.74, 6) is 1.70. The maximum atomic E-state index is 10.2. The van der Waals surface area contributed by atoms with E-state index in [1.54, 1.807) is 6.20 Å². The SMILES string of the molecule is Cc1ccc(OC[C@@H](O)CN[C@H]2CCCN(c3cccnn3)C2)cc1. The first-order valence-electron chi connectivity index (χ1n) is 8.84. The number of rotatable bonds is 7. The van der Waals surface area contributed by atoms with Crippen LogP contribution in [0.2, 0.25) is 0 Å². The van der Waals surface area contributed by atoms with Gasteiger partial charge in [0.15, 0.2) is 5.82 Å². The third kappa shape index (κ3) is 5.41. The predicted molar refractivity (Wildman–Crippen MR) is 98.0 cm³/mol. The lowest BCUT2D eigenvalue weighted by molar-refractivity contribution is 0.103. The van der Waals surface area contributed by atoms with E-state index in [1.165, 1.54) is 5.56 Å². The molecule has 2 N–H and O–H groups in total. The molecule has 0 radical (unpaired) electrons. The molecule has 1 fully saturated rings. The van der Waals surface area contributed by atoms with Gasteiger partial charge in [-0.05, 0) is 44.0 Å². The standard InChI is InChI=1S/C19H26N4O2/c1-15-6-8-18(9-7-15)25-14-17(24)12-20-16-4-3-11-23(13-16)19-5-2-10-21-22-19/h2,5-10,16-17,20,24H,3-4,11-14H2,1H3/t16-,17-/m0/s1. The number of hydrogen-bond donors (Lipinski definition) is 2. The van der Waals surface area contributed by atoms with Crippen LogP contribution in [-0.2, 0) is 0 Å².